The zero-order chi connectivity index (χ0) is 24.3. The van der Waals surface area contributed by atoms with Crippen LogP contribution >= 0.6 is 23.4 Å². The Morgan fingerprint density at radius 3 is 2.64 bits per heavy atom. The molecule has 0 N–H and O–H groups in total. The Morgan fingerprint density at radius 2 is 2.03 bits per heavy atom. The van der Waals surface area contributed by atoms with Crippen LogP contribution in [0.1, 0.15) is 25.0 Å². The number of hydrogen-bond acceptors (Lipinski definition) is 8. The number of nitrogens with zero attached hydrogens (tertiary/aromatic N) is 2. The summed E-state index contributed by atoms with van der Waals surface area (Å²) < 4.78 is 24.4. The van der Waals surface area contributed by atoms with Gasteiger partial charge in [-0.3, -0.25) is 29.4 Å². The van der Waals surface area contributed by atoms with E-state index in [9.17, 15) is 28.9 Å². The summed E-state index contributed by atoms with van der Waals surface area (Å²) >= 11 is 6.53. The van der Waals surface area contributed by atoms with Gasteiger partial charge in [-0.2, -0.15) is 0 Å². The van der Waals surface area contributed by atoms with E-state index in [1.165, 1.54) is 24.3 Å². The van der Waals surface area contributed by atoms with Crippen molar-refractivity contribution in [2.45, 2.75) is 20.4 Å². The number of carbonyl (C=O) groups excluding carboxylic acids is 3. The first-order chi connectivity index (χ1) is 15.6. The van der Waals surface area contributed by atoms with Gasteiger partial charge in [-0.05, 0) is 49.0 Å². The molecule has 1 aliphatic rings. The number of nitro groups is 1. The number of ether oxygens (including phenoxy) is 2. The standard InChI is InChI=1S/C21H16ClFN2O7S/c1-3-31-19-16(32-11(2)26)8-7-12(18(19)25(29)30)9-17-20(27)24(21(28)33-17)10-13-14(22)5-4-6-15(13)23/h4-9H,3,10H2,1-2H3/b17-9-. The number of amides is 2. The van der Waals surface area contributed by atoms with Crippen molar-refractivity contribution in [2.75, 3.05) is 6.61 Å². The number of nitro benzene ring substituents is 1. The lowest BCUT2D eigenvalue weighted by Gasteiger charge is -2.14. The van der Waals surface area contributed by atoms with E-state index >= 15 is 0 Å². The molecule has 33 heavy (non-hydrogen) atoms. The first kappa shape index (κ1) is 24.2. The smallest absolute Gasteiger partial charge is 0.322 e. The van der Waals surface area contributed by atoms with E-state index < -0.39 is 40.1 Å². The van der Waals surface area contributed by atoms with Gasteiger partial charge >= 0.3 is 11.7 Å². The third-order valence-electron chi connectivity index (χ3n) is 4.39. The number of halogens is 2. The summed E-state index contributed by atoms with van der Waals surface area (Å²) in [5.41, 5.74) is -0.619. The second-order valence-electron chi connectivity index (χ2n) is 6.58. The molecule has 0 spiro atoms. The number of thioether (sulfide) groups is 1. The molecular formula is C21H16ClFN2O7S. The van der Waals surface area contributed by atoms with E-state index in [1.807, 2.05) is 0 Å². The van der Waals surface area contributed by atoms with Gasteiger partial charge in [0, 0.05) is 17.5 Å². The summed E-state index contributed by atoms with van der Waals surface area (Å²) in [6.07, 6.45) is 1.16. The molecule has 0 bridgehead atoms. The third kappa shape index (κ3) is 5.15. The fourth-order valence-corrected chi connectivity index (χ4v) is 4.06. The number of carbonyl (C=O) groups is 3. The topological polar surface area (TPSA) is 116 Å². The molecule has 12 heteroatoms. The second-order valence-corrected chi connectivity index (χ2v) is 7.98. The van der Waals surface area contributed by atoms with E-state index in [1.54, 1.807) is 6.92 Å². The van der Waals surface area contributed by atoms with Crippen LogP contribution in [-0.2, 0) is 16.1 Å². The van der Waals surface area contributed by atoms with Crippen molar-refractivity contribution in [3.63, 3.8) is 0 Å². The monoisotopic (exact) mass is 494 g/mol. The summed E-state index contributed by atoms with van der Waals surface area (Å²) in [5, 5.41) is 11.2. The average molecular weight is 495 g/mol. The van der Waals surface area contributed by atoms with Gasteiger partial charge in [0.15, 0.2) is 5.75 Å². The number of hydrogen-bond donors (Lipinski definition) is 0. The highest BCUT2D eigenvalue weighted by Gasteiger charge is 2.37. The highest BCUT2D eigenvalue weighted by Crippen LogP contribution is 2.43. The molecule has 2 aromatic rings. The predicted octanol–water partition coefficient (Wildman–Crippen LogP) is 4.95. The lowest BCUT2D eigenvalue weighted by Crippen LogP contribution is -2.28. The van der Waals surface area contributed by atoms with Crippen LogP contribution in [0.15, 0.2) is 35.2 Å². The Balaban J connectivity index is 2.01. The highest BCUT2D eigenvalue weighted by molar-refractivity contribution is 8.18. The molecule has 1 fully saturated rings. The van der Waals surface area contributed by atoms with Crippen molar-refractivity contribution in [3.05, 3.63) is 67.3 Å². The van der Waals surface area contributed by atoms with E-state index in [4.69, 9.17) is 21.1 Å². The van der Waals surface area contributed by atoms with Gasteiger partial charge in [-0.25, -0.2) is 4.39 Å². The maximum absolute atomic E-state index is 14.1. The first-order valence-electron chi connectivity index (χ1n) is 9.44. The minimum absolute atomic E-state index is 0.0296. The Bertz CT molecular complexity index is 1180. The molecule has 0 radical (unpaired) electrons. The molecule has 1 heterocycles. The Morgan fingerprint density at radius 1 is 1.30 bits per heavy atom. The number of imide groups is 1. The van der Waals surface area contributed by atoms with Crippen LogP contribution in [0.2, 0.25) is 5.02 Å². The lowest BCUT2D eigenvalue weighted by molar-refractivity contribution is -0.386. The maximum Gasteiger partial charge on any atom is 0.322 e. The van der Waals surface area contributed by atoms with Gasteiger partial charge in [0.25, 0.3) is 11.1 Å². The van der Waals surface area contributed by atoms with Gasteiger partial charge in [0.1, 0.15) is 5.82 Å². The Kier molecular flexibility index (Phi) is 7.34. The number of benzene rings is 2. The first-order valence-corrected chi connectivity index (χ1v) is 10.6. The van der Waals surface area contributed by atoms with Gasteiger partial charge in [0.05, 0.1) is 28.5 Å². The van der Waals surface area contributed by atoms with Gasteiger partial charge < -0.3 is 9.47 Å². The Labute approximate surface area is 196 Å². The van der Waals surface area contributed by atoms with E-state index in [0.717, 1.165) is 24.0 Å². The molecule has 9 nitrogen and oxygen atoms in total. The van der Waals surface area contributed by atoms with Crippen molar-refractivity contribution in [2.24, 2.45) is 0 Å². The van der Waals surface area contributed by atoms with Gasteiger partial charge in [-0.15, -0.1) is 0 Å². The highest BCUT2D eigenvalue weighted by atomic mass is 35.5. The molecule has 0 unspecified atom stereocenters. The third-order valence-corrected chi connectivity index (χ3v) is 5.65. The molecule has 1 aliphatic heterocycles. The van der Waals surface area contributed by atoms with E-state index in [2.05, 4.69) is 0 Å². The molecule has 2 amide bonds. The van der Waals surface area contributed by atoms with Crippen LogP contribution in [0, 0.1) is 15.9 Å². The largest absolute Gasteiger partial charge is 0.485 e. The van der Waals surface area contributed by atoms with Crippen molar-refractivity contribution in [1.29, 1.82) is 0 Å². The second kappa shape index (κ2) is 10.0. The minimum Gasteiger partial charge on any atom is -0.485 e. The zero-order valence-corrected chi connectivity index (χ0v) is 18.9. The fraction of sp³-hybridized carbons (Fsp3) is 0.190. The molecule has 0 aliphatic carbocycles. The minimum atomic E-state index is -0.763. The molecule has 3 rings (SSSR count). The average Bonchev–Trinajstić information content (AvgIpc) is 2.99. The fourth-order valence-electron chi connectivity index (χ4n) is 3.01. The molecular weight excluding hydrogens is 479 g/mol. The summed E-state index contributed by atoms with van der Waals surface area (Å²) in [6.45, 7) is 2.37. The summed E-state index contributed by atoms with van der Waals surface area (Å²) in [6, 6.07) is 6.52. The van der Waals surface area contributed by atoms with E-state index in [-0.39, 0.29) is 39.2 Å². The molecule has 0 aromatic heterocycles. The van der Waals surface area contributed by atoms with E-state index in [0.29, 0.717) is 11.8 Å². The molecule has 2 aromatic carbocycles. The van der Waals surface area contributed by atoms with Crippen molar-refractivity contribution < 1.29 is 33.2 Å². The summed E-state index contributed by atoms with van der Waals surface area (Å²) in [5.74, 6) is -2.59. The molecule has 0 atom stereocenters. The van der Waals surface area contributed by atoms with Crippen molar-refractivity contribution in [1.82, 2.24) is 4.90 Å². The van der Waals surface area contributed by atoms with Crippen LogP contribution in [0.3, 0.4) is 0 Å². The molecule has 0 saturated carbocycles. The summed E-state index contributed by atoms with van der Waals surface area (Å²) in [7, 11) is 0. The quantitative estimate of drug-likeness (QED) is 0.174. The van der Waals surface area contributed by atoms with Crippen molar-refractivity contribution in [3.8, 4) is 11.5 Å². The Hall–Kier alpha value is -3.44. The normalized spacial score (nSPS) is 14.7. The van der Waals surface area contributed by atoms with Crippen molar-refractivity contribution >= 4 is 52.2 Å². The molecule has 172 valence electrons. The SMILES string of the molecule is CCOc1c(OC(C)=O)ccc(/C=C2\SC(=O)N(Cc3c(F)cccc3Cl)C2=O)c1[N+](=O)[O-]. The molecule has 1 saturated heterocycles. The predicted molar refractivity (Wildman–Crippen MR) is 118 cm³/mol. The summed E-state index contributed by atoms with van der Waals surface area (Å²) in [4.78, 5) is 48.3. The van der Waals surface area contributed by atoms with Crippen LogP contribution in [0.25, 0.3) is 6.08 Å². The zero-order valence-electron chi connectivity index (χ0n) is 17.3. The lowest BCUT2D eigenvalue weighted by atomic mass is 10.1. The number of esters is 1. The van der Waals surface area contributed by atoms with Crippen LogP contribution < -0.4 is 9.47 Å². The maximum atomic E-state index is 14.1. The number of rotatable bonds is 7. The van der Waals surface area contributed by atoms with Crippen LogP contribution in [0.5, 0.6) is 11.5 Å². The van der Waals surface area contributed by atoms with Gasteiger partial charge in [-0.1, -0.05) is 17.7 Å². The van der Waals surface area contributed by atoms with Crippen LogP contribution in [-0.4, -0.2) is 33.5 Å². The van der Waals surface area contributed by atoms with Crippen LogP contribution in [0.4, 0.5) is 14.9 Å². The van der Waals surface area contributed by atoms with Gasteiger partial charge in [0.2, 0.25) is 5.75 Å².